The summed E-state index contributed by atoms with van der Waals surface area (Å²) in [5.41, 5.74) is 2.36. The zero-order chi connectivity index (χ0) is 21.8. The fourth-order valence-electron chi connectivity index (χ4n) is 4.40. The molecule has 0 radical (unpaired) electrons. The SMILES string of the molecule is C=C(c1ccc(-c2ccc(-n3cc(F)cn3)cc2O)nn1)[C@H]1C[C@]2(C)C=CC(N2)[C@H]1F. The van der Waals surface area contributed by atoms with Crippen LogP contribution < -0.4 is 5.32 Å². The zero-order valence-electron chi connectivity index (χ0n) is 16.8. The number of allylic oxidation sites excluding steroid dienone is 1. The van der Waals surface area contributed by atoms with Crippen molar-refractivity contribution in [3.63, 3.8) is 0 Å². The van der Waals surface area contributed by atoms with Crippen LogP contribution in [0.1, 0.15) is 19.0 Å². The molecule has 158 valence electrons. The summed E-state index contributed by atoms with van der Waals surface area (Å²) in [4.78, 5) is 0. The summed E-state index contributed by atoms with van der Waals surface area (Å²) < 4.78 is 29.4. The smallest absolute Gasteiger partial charge is 0.161 e. The van der Waals surface area contributed by atoms with Crippen molar-refractivity contribution in [1.82, 2.24) is 25.3 Å². The molecule has 4 atom stereocenters. The number of nitrogens with zero attached hydrogens (tertiary/aromatic N) is 4. The average Bonchev–Trinajstić information content (AvgIpc) is 3.34. The normalized spacial score (nSPS) is 26.9. The van der Waals surface area contributed by atoms with E-state index in [-0.39, 0.29) is 23.2 Å². The highest BCUT2D eigenvalue weighted by molar-refractivity contribution is 5.70. The van der Waals surface area contributed by atoms with Gasteiger partial charge in [-0.1, -0.05) is 18.7 Å². The first kappa shape index (κ1) is 19.6. The number of phenolic OH excluding ortho intramolecular Hbond substituents is 1. The molecule has 1 unspecified atom stereocenters. The van der Waals surface area contributed by atoms with E-state index in [1.165, 1.54) is 16.9 Å². The number of hydrogen-bond donors (Lipinski definition) is 2. The van der Waals surface area contributed by atoms with Gasteiger partial charge in [-0.25, -0.2) is 13.5 Å². The van der Waals surface area contributed by atoms with E-state index >= 15 is 0 Å². The molecule has 3 aromatic rings. The number of nitrogens with one attached hydrogen (secondary N) is 1. The van der Waals surface area contributed by atoms with E-state index in [1.807, 2.05) is 12.2 Å². The van der Waals surface area contributed by atoms with Crippen LogP contribution in [0.4, 0.5) is 8.78 Å². The van der Waals surface area contributed by atoms with E-state index in [2.05, 4.69) is 34.1 Å². The van der Waals surface area contributed by atoms with Gasteiger partial charge < -0.3 is 5.11 Å². The van der Waals surface area contributed by atoms with Crippen molar-refractivity contribution in [2.24, 2.45) is 5.92 Å². The molecule has 0 aliphatic carbocycles. The first-order valence-electron chi connectivity index (χ1n) is 10.0. The van der Waals surface area contributed by atoms with Crippen LogP contribution in [-0.4, -0.2) is 42.8 Å². The largest absolute Gasteiger partial charge is 0.507 e. The number of piperidine rings is 1. The summed E-state index contributed by atoms with van der Waals surface area (Å²) in [6.07, 6.45) is 5.74. The van der Waals surface area contributed by atoms with E-state index in [4.69, 9.17) is 0 Å². The van der Waals surface area contributed by atoms with Crippen molar-refractivity contribution < 1.29 is 13.9 Å². The molecular formula is C23H21F2N5O. The third-order valence-corrected chi connectivity index (χ3v) is 6.05. The second-order valence-corrected chi connectivity index (χ2v) is 8.34. The Hall–Kier alpha value is -3.39. The van der Waals surface area contributed by atoms with Gasteiger partial charge in [-0.3, -0.25) is 5.32 Å². The van der Waals surface area contributed by atoms with Gasteiger partial charge in [0.1, 0.15) is 11.9 Å². The van der Waals surface area contributed by atoms with Crippen molar-refractivity contribution in [1.29, 1.82) is 0 Å². The van der Waals surface area contributed by atoms with Gasteiger partial charge >= 0.3 is 0 Å². The minimum atomic E-state index is -1.08. The lowest BCUT2D eigenvalue weighted by Crippen LogP contribution is -2.54. The standard InChI is InChI=1S/C23H21F2N5O/c1-13(17-10-23(2)8-7-20(27-23)22(17)25)18-5-6-19(29-28-18)16-4-3-15(9-21(16)31)30-12-14(24)11-26-30/h3-9,11-12,17,20,22,27,31H,1,10H2,2H3/t17-,20?,22+,23+/m1/s1. The summed E-state index contributed by atoms with van der Waals surface area (Å²) in [5.74, 6) is -0.854. The molecule has 8 heteroatoms. The van der Waals surface area contributed by atoms with E-state index < -0.39 is 12.0 Å². The van der Waals surface area contributed by atoms with Crippen molar-refractivity contribution in [2.45, 2.75) is 31.1 Å². The Morgan fingerprint density at radius 2 is 2.13 bits per heavy atom. The van der Waals surface area contributed by atoms with Crippen LogP contribution >= 0.6 is 0 Å². The van der Waals surface area contributed by atoms with Gasteiger partial charge in [-0.2, -0.15) is 10.2 Å². The lowest BCUT2D eigenvalue weighted by atomic mass is 9.78. The zero-order valence-corrected chi connectivity index (χ0v) is 16.8. The fourth-order valence-corrected chi connectivity index (χ4v) is 4.40. The Morgan fingerprint density at radius 1 is 1.29 bits per heavy atom. The molecular weight excluding hydrogens is 400 g/mol. The highest BCUT2D eigenvalue weighted by Gasteiger charge is 2.46. The first-order chi connectivity index (χ1) is 14.8. The lowest BCUT2D eigenvalue weighted by molar-refractivity contribution is 0.146. The van der Waals surface area contributed by atoms with E-state index in [9.17, 15) is 13.9 Å². The topological polar surface area (TPSA) is 75.9 Å². The minimum absolute atomic E-state index is 0.0352. The van der Waals surface area contributed by atoms with Gasteiger partial charge in [0, 0.05) is 23.1 Å². The molecule has 2 aliphatic rings. The molecule has 1 fully saturated rings. The van der Waals surface area contributed by atoms with Gasteiger partial charge in [-0.05, 0) is 43.2 Å². The maximum Gasteiger partial charge on any atom is 0.161 e. The van der Waals surface area contributed by atoms with Crippen LogP contribution in [0.2, 0.25) is 0 Å². The van der Waals surface area contributed by atoms with Crippen molar-refractivity contribution in [2.75, 3.05) is 0 Å². The van der Waals surface area contributed by atoms with Crippen molar-refractivity contribution in [3.8, 4) is 22.7 Å². The molecule has 1 aromatic carbocycles. The highest BCUT2D eigenvalue weighted by Crippen LogP contribution is 2.41. The molecule has 4 heterocycles. The predicted molar refractivity (Wildman–Crippen MR) is 113 cm³/mol. The van der Waals surface area contributed by atoms with Crippen LogP contribution in [0.15, 0.2) is 61.5 Å². The van der Waals surface area contributed by atoms with Gasteiger partial charge in [0.2, 0.25) is 0 Å². The lowest BCUT2D eigenvalue weighted by Gasteiger charge is -2.39. The molecule has 0 spiro atoms. The number of aromatic hydroxyl groups is 1. The molecule has 2 aromatic heterocycles. The van der Waals surface area contributed by atoms with Gasteiger partial charge in [0.25, 0.3) is 0 Å². The molecule has 2 aliphatic heterocycles. The molecule has 2 N–H and O–H groups in total. The highest BCUT2D eigenvalue weighted by atomic mass is 19.1. The number of phenols is 1. The Balaban J connectivity index is 1.37. The summed E-state index contributed by atoms with van der Waals surface area (Å²) in [6.45, 7) is 6.16. The van der Waals surface area contributed by atoms with Gasteiger partial charge in [0.05, 0.1) is 35.5 Å². The van der Waals surface area contributed by atoms with E-state index in [1.54, 1.807) is 24.3 Å². The van der Waals surface area contributed by atoms with Crippen LogP contribution in [-0.2, 0) is 0 Å². The van der Waals surface area contributed by atoms with Crippen LogP contribution in [0, 0.1) is 11.7 Å². The number of hydrogen-bond acceptors (Lipinski definition) is 5. The second kappa shape index (κ2) is 7.09. The monoisotopic (exact) mass is 421 g/mol. The van der Waals surface area contributed by atoms with Crippen LogP contribution in [0.5, 0.6) is 5.75 Å². The van der Waals surface area contributed by atoms with E-state index in [0.717, 1.165) is 6.20 Å². The van der Waals surface area contributed by atoms with Crippen molar-refractivity contribution >= 4 is 5.57 Å². The molecule has 0 amide bonds. The Morgan fingerprint density at radius 3 is 2.81 bits per heavy atom. The Kier molecular flexibility index (Phi) is 4.48. The maximum atomic E-state index is 14.9. The minimum Gasteiger partial charge on any atom is -0.507 e. The Labute approximate surface area is 177 Å². The molecule has 2 bridgehead atoms. The molecule has 5 rings (SSSR count). The van der Waals surface area contributed by atoms with Gasteiger partial charge in [-0.15, -0.1) is 5.10 Å². The molecule has 1 saturated heterocycles. The van der Waals surface area contributed by atoms with Gasteiger partial charge in [0.15, 0.2) is 5.82 Å². The first-order valence-corrected chi connectivity index (χ1v) is 10.0. The van der Waals surface area contributed by atoms with E-state index in [0.29, 0.717) is 34.6 Å². The second-order valence-electron chi connectivity index (χ2n) is 8.34. The molecule has 6 nitrogen and oxygen atoms in total. The number of benzene rings is 1. The number of fused-ring (bicyclic) bond motifs is 2. The Bertz CT molecular complexity index is 1190. The predicted octanol–water partition coefficient (Wildman–Crippen LogP) is 3.83. The summed E-state index contributed by atoms with van der Waals surface area (Å²) in [6, 6.07) is 7.99. The molecule has 0 saturated carbocycles. The summed E-state index contributed by atoms with van der Waals surface area (Å²) in [7, 11) is 0. The third-order valence-electron chi connectivity index (χ3n) is 6.05. The maximum absolute atomic E-state index is 14.9. The summed E-state index contributed by atoms with van der Waals surface area (Å²) >= 11 is 0. The summed E-state index contributed by atoms with van der Waals surface area (Å²) in [5, 5.41) is 26.1. The fraction of sp³-hybridized carbons (Fsp3) is 0.261. The van der Waals surface area contributed by atoms with Crippen molar-refractivity contribution in [3.05, 3.63) is 73.0 Å². The quantitative estimate of drug-likeness (QED) is 0.626. The number of rotatable bonds is 4. The number of halogens is 2. The van der Waals surface area contributed by atoms with Crippen LogP contribution in [0.3, 0.4) is 0 Å². The molecule has 31 heavy (non-hydrogen) atoms. The average molecular weight is 421 g/mol. The number of alkyl halides is 1. The van der Waals surface area contributed by atoms with Crippen LogP contribution in [0.25, 0.3) is 22.5 Å². The number of aromatic nitrogens is 4. The third kappa shape index (κ3) is 3.42.